The number of hydrogen-bond donors (Lipinski definition) is 1. The zero-order chi connectivity index (χ0) is 11.7. The molecule has 0 atom stereocenters. The lowest BCUT2D eigenvalue weighted by atomic mass is 10.1. The van der Waals surface area contributed by atoms with E-state index in [-0.39, 0.29) is 0 Å². The van der Waals surface area contributed by atoms with Crippen molar-refractivity contribution < 1.29 is 0 Å². The van der Waals surface area contributed by atoms with E-state index in [4.69, 9.17) is 5.26 Å². The minimum absolute atomic E-state index is 0.505. The highest BCUT2D eigenvalue weighted by molar-refractivity contribution is 7.13. The largest absolute Gasteiger partial charge is 0.312 e. The summed E-state index contributed by atoms with van der Waals surface area (Å²) in [7, 11) is 0. The van der Waals surface area contributed by atoms with Gasteiger partial charge in [0, 0.05) is 25.1 Å². The topological polar surface area (TPSA) is 61.6 Å². The van der Waals surface area contributed by atoms with Crippen LogP contribution >= 0.6 is 11.3 Å². The van der Waals surface area contributed by atoms with E-state index < -0.39 is 0 Å². The molecule has 0 bridgehead atoms. The van der Waals surface area contributed by atoms with Gasteiger partial charge < -0.3 is 5.32 Å². The highest BCUT2D eigenvalue weighted by Gasteiger charge is 2.18. The molecule has 0 fully saturated rings. The molecule has 5 heteroatoms. The summed E-state index contributed by atoms with van der Waals surface area (Å²) in [6, 6.07) is 6.12. The van der Waals surface area contributed by atoms with Crippen LogP contribution in [0.15, 0.2) is 17.5 Å². The highest BCUT2D eigenvalue weighted by atomic mass is 32.1. The van der Waals surface area contributed by atoms with Crippen molar-refractivity contribution in [2.75, 3.05) is 6.54 Å². The zero-order valence-corrected chi connectivity index (χ0v) is 9.92. The van der Waals surface area contributed by atoms with E-state index in [0.29, 0.717) is 18.1 Å². The monoisotopic (exact) mass is 242 g/mol. The number of nitriles is 1. The normalized spacial score (nSPS) is 14.1. The Labute approximate surface area is 103 Å². The van der Waals surface area contributed by atoms with E-state index in [1.165, 1.54) is 0 Å². The predicted molar refractivity (Wildman–Crippen MR) is 65.5 cm³/mol. The van der Waals surface area contributed by atoms with Gasteiger partial charge in [0.1, 0.15) is 11.8 Å². The second kappa shape index (κ2) is 4.24. The third kappa shape index (κ3) is 1.82. The van der Waals surface area contributed by atoms with Crippen molar-refractivity contribution in [1.82, 2.24) is 15.3 Å². The molecule has 4 nitrogen and oxygen atoms in total. The number of aromatic nitrogens is 2. The molecule has 0 unspecified atom stereocenters. The van der Waals surface area contributed by atoms with Gasteiger partial charge in [-0.05, 0) is 11.4 Å². The average molecular weight is 242 g/mol. The highest BCUT2D eigenvalue weighted by Crippen LogP contribution is 2.24. The Morgan fingerprint density at radius 1 is 1.41 bits per heavy atom. The van der Waals surface area contributed by atoms with Gasteiger partial charge in [0.25, 0.3) is 0 Å². The molecule has 1 aliphatic heterocycles. The quantitative estimate of drug-likeness (QED) is 0.827. The minimum atomic E-state index is 0.505. The second-order valence-electron chi connectivity index (χ2n) is 3.84. The maximum atomic E-state index is 9.15. The van der Waals surface area contributed by atoms with Gasteiger partial charge in [0.15, 0.2) is 5.82 Å². The van der Waals surface area contributed by atoms with Gasteiger partial charge >= 0.3 is 0 Å². The van der Waals surface area contributed by atoms with Gasteiger partial charge in [-0.3, -0.25) is 0 Å². The molecule has 3 rings (SSSR count). The summed E-state index contributed by atoms with van der Waals surface area (Å²) < 4.78 is 0. The van der Waals surface area contributed by atoms with Gasteiger partial charge in [-0.2, -0.15) is 5.26 Å². The number of nitrogens with zero attached hydrogens (tertiary/aromatic N) is 3. The van der Waals surface area contributed by atoms with E-state index in [2.05, 4.69) is 21.4 Å². The van der Waals surface area contributed by atoms with Crippen molar-refractivity contribution >= 4 is 11.3 Å². The number of fused-ring (bicyclic) bond motifs is 1. The third-order valence-electron chi connectivity index (χ3n) is 2.78. The van der Waals surface area contributed by atoms with Crippen LogP contribution in [0.25, 0.3) is 10.7 Å². The number of rotatable bonds is 1. The summed E-state index contributed by atoms with van der Waals surface area (Å²) in [5.74, 6) is 0.678. The molecular weight excluding hydrogens is 232 g/mol. The number of thiophene rings is 1. The Bertz CT molecular complexity index is 583. The molecule has 0 saturated heterocycles. The Balaban J connectivity index is 2.17. The molecule has 84 valence electrons. The lowest BCUT2D eigenvalue weighted by molar-refractivity contribution is 0.625. The molecule has 17 heavy (non-hydrogen) atoms. The van der Waals surface area contributed by atoms with Gasteiger partial charge in [-0.1, -0.05) is 6.07 Å². The SMILES string of the molecule is N#Cc1nc(-c2cccs2)nc2c1CNCC2. The van der Waals surface area contributed by atoms with Crippen molar-refractivity contribution in [3.05, 3.63) is 34.5 Å². The Morgan fingerprint density at radius 2 is 2.35 bits per heavy atom. The van der Waals surface area contributed by atoms with Crippen LogP contribution < -0.4 is 5.32 Å². The maximum absolute atomic E-state index is 9.15. The van der Waals surface area contributed by atoms with Crippen LogP contribution in [0.3, 0.4) is 0 Å². The maximum Gasteiger partial charge on any atom is 0.171 e. The molecule has 3 heterocycles. The van der Waals surface area contributed by atoms with E-state index in [1.807, 2.05) is 17.5 Å². The van der Waals surface area contributed by atoms with Crippen molar-refractivity contribution in [1.29, 1.82) is 5.26 Å². The lowest BCUT2D eigenvalue weighted by Crippen LogP contribution is -2.26. The van der Waals surface area contributed by atoms with Gasteiger partial charge in [-0.25, -0.2) is 9.97 Å². The Kier molecular flexibility index (Phi) is 2.59. The van der Waals surface area contributed by atoms with Crippen LogP contribution in [0.4, 0.5) is 0 Å². The predicted octanol–water partition coefficient (Wildman–Crippen LogP) is 1.72. The summed E-state index contributed by atoms with van der Waals surface area (Å²) in [6.07, 6.45) is 0.866. The Hall–Kier alpha value is -1.77. The number of hydrogen-bond acceptors (Lipinski definition) is 5. The lowest BCUT2D eigenvalue weighted by Gasteiger charge is -2.17. The van der Waals surface area contributed by atoms with E-state index in [0.717, 1.165) is 29.1 Å². The summed E-state index contributed by atoms with van der Waals surface area (Å²) in [6.45, 7) is 1.61. The summed E-state index contributed by atoms with van der Waals surface area (Å²) in [5, 5.41) is 14.4. The fourth-order valence-electron chi connectivity index (χ4n) is 1.95. The Morgan fingerprint density at radius 3 is 3.12 bits per heavy atom. The van der Waals surface area contributed by atoms with Crippen LogP contribution in [0.5, 0.6) is 0 Å². The first-order chi connectivity index (χ1) is 8.38. The van der Waals surface area contributed by atoms with Crippen molar-refractivity contribution in [3.8, 4) is 16.8 Å². The first-order valence-corrected chi connectivity index (χ1v) is 6.31. The number of nitrogens with one attached hydrogen (secondary N) is 1. The van der Waals surface area contributed by atoms with E-state index >= 15 is 0 Å². The molecule has 2 aromatic heterocycles. The summed E-state index contributed by atoms with van der Waals surface area (Å²) in [4.78, 5) is 9.93. The zero-order valence-electron chi connectivity index (χ0n) is 9.10. The molecule has 0 saturated carbocycles. The first kappa shape index (κ1) is 10.4. The molecule has 0 amide bonds. The summed E-state index contributed by atoms with van der Waals surface area (Å²) >= 11 is 1.60. The molecule has 1 aliphatic rings. The molecule has 2 aromatic rings. The minimum Gasteiger partial charge on any atom is -0.312 e. The van der Waals surface area contributed by atoms with E-state index in [9.17, 15) is 0 Å². The third-order valence-corrected chi connectivity index (χ3v) is 3.65. The van der Waals surface area contributed by atoms with Crippen molar-refractivity contribution in [2.24, 2.45) is 0 Å². The van der Waals surface area contributed by atoms with Gasteiger partial charge in [0.2, 0.25) is 0 Å². The molecular formula is C12H10N4S. The van der Waals surface area contributed by atoms with Crippen LogP contribution in [-0.2, 0) is 13.0 Å². The van der Waals surface area contributed by atoms with Crippen molar-refractivity contribution in [2.45, 2.75) is 13.0 Å². The molecule has 0 radical (unpaired) electrons. The van der Waals surface area contributed by atoms with Gasteiger partial charge in [0.05, 0.1) is 10.6 Å². The van der Waals surface area contributed by atoms with Gasteiger partial charge in [-0.15, -0.1) is 11.3 Å². The first-order valence-electron chi connectivity index (χ1n) is 5.43. The smallest absolute Gasteiger partial charge is 0.171 e. The van der Waals surface area contributed by atoms with Crippen LogP contribution in [0.1, 0.15) is 17.0 Å². The van der Waals surface area contributed by atoms with Crippen molar-refractivity contribution in [3.63, 3.8) is 0 Å². The molecule has 0 spiro atoms. The van der Waals surface area contributed by atoms with Crippen LogP contribution in [-0.4, -0.2) is 16.5 Å². The standard InChI is InChI=1S/C12H10N4S/c13-6-10-8-7-14-4-3-9(8)15-12(16-10)11-2-1-5-17-11/h1-2,5,14H,3-4,7H2. The molecule has 1 N–H and O–H groups in total. The van der Waals surface area contributed by atoms with Crippen LogP contribution in [0, 0.1) is 11.3 Å². The second-order valence-corrected chi connectivity index (χ2v) is 4.78. The molecule has 0 aromatic carbocycles. The van der Waals surface area contributed by atoms with Crippen LogP contribution in [0.2, 0.25) is 0 Å². The fourth-order valence-corrected chi connectivity index (χ4v) is 2.61. The average Bonchev–Trinajstić information content (AvgIpc) is 2.91. The molecule has 0 aliphatic carbocycles. The summed E-state index contributed by atoms with van der Waals surface area (Å²) in [5.41, 5.74) is 2.48. The fraction of sp³-hybridized carbons (Fsp3) is 0.250. The van der Waals surface area contributed by atoms with E-state index in [1.54, 1.807) is 11.3 Å².